The van der Waals surface area contributed by atoms with Crippen LogP contribution in [0, 0.1) is 5.92 Å². The molecule has 0 aromatic heterocycles. The molecule has 2 N–H and O–H groups in total. The van der Waals surface area contributed by atoms with E-state index in [2.05, 4.69) is 19.1 Å². The summed E-state index contributed by atoms with van der Waals surface area (Å²) in [6, 6.07) is 8.31. The van der Waals surface area contributed by atoms with Crippen molar-refractivity contribution in [1.29, 1.82) is 0 Å². The molecule has 0 radical (unpaired) electrons. The summed E-state index contributed by atoms with van der Waals surface area (Å²) in [6.07, 6.45) is 10.5. The van der Waals surface area contributed by atoms with E-state index in [-0.39, 0.29) is 18.4 Å². The SMILES string of the molecule is CCC(CC)C(N)=O.CCCCCCCCc1ccc(CCOC(=O)CC(=O)[O-])cc1. The number of carbonyl (C=O) groups is 3. The van der Waals surface area contributed by atoms with Gasteiger partial charge in [-0.3, -0.25) is 9.59 Å². The molecule has 0 bridgehead atoms. The predicted octanol–water partition coefficient (Wildman–Crippen LogP) is 3.72. The number of hydrogen-bond donors (Lipinski definition) is 1. The number of rotatable bonds is 15. The molecule has 6 nitrogen and oxygen atoms in total. The van der Waals surface area contributed by atoms with Crippen molar-refractivity contribution < 1.29 is 24.2 Å². The Bertz CT molecular complexity index is 623. The number of esters is 1. The summed E-state index contributed by atoms with van der Waals surface area (Å²) >= 11 is 0. The first-order valence-electron chi connectivity index (χ1n) is 11.6. The highest BCUT2D eigenvalue weighted by Crippen LogP contribution is 2.11. The first-order chi connectivity index (χ1) is 14.8. The lowest BCUT2D eigenvalue weighted by atomic mass is 10.0. The molecule has 0 heterocycles. The summed E-state index contributed by atoms with van der Waals surface area (Å²) in [7, 11) is 0. The molecule has 1 amide bonds. The van der Waals surface area contributed by atoms with Gasteiger partial charge in [-0.15, -0.1) is 0 Å². The molecule has 0 atom stereocenters. The Morgan fingerprint density at radius 1 is 0.871 bits per heavy atom. The average molecular weight is 435 g/mol. The highest BCUT2D eigenvalue weighted by molar-refractivity contribution is 5.89. The maximum atomic E-state index is 11.1. The summed E-state index contributed by atoms with van der Waals surface area (Å²) < 4.78 is 4.84. The molecule has 176 valence electrons. The lowest BCUT2D eigenvalue weighted by Gasteiger charge is -2.07. The smallest absolute Gasteiger partial charge is 0.311 e. The second kappa shape index (κ2) is 18.4. The fourth-order valence-electron chi connectivity index (χ4n) is 3.12. The Morgan fingerprint density at radius 2 is 1.39 bits per heavy atom. The maximum Gasteiger partial charge on any atom is 0.311 e. The van der Waals surface area contributed by atoms with E-state index in [4.69, 9.17) is 10.5 Å². The van der Waals surface area contributed by atoms with Gasteiger partial charge in [-0.05, 0) is 36.8 Å². The van der Waals surface area contributed by atoms with E-state index in [1.54, 1.807) is 0 Å². The second-order valence-electron chi connectivity index (χ2n) is 7.77. The topological polar surface area (TPSA) is 110 Å². The summed E-state index contributed by atoms with van der Waals surface area (Å²) in [5.74, 6) is -2.23. The van der Waals surface area contributed by atoms with E-state index in [1.165, 1.54) is 44.1 Å². The van der Waals surface area contributed by atoms with Gasteiger partial charge in [0.2, 0.25) is 5.91 Å². The number of amides is 1. The van der Waals surface area contributed by atoms with Crippen LogP contribution in [0.25, 0.3) is 0 Å². The van der Waals surface area contributed by atoms with Crippen LogP contribution in [0.3, 0.4) is 0 Å². The number of aliphatic carboxylic acids is 1. The van der Waals surface area contributed by atoms with Gasteiger partial charge in [0.25, 0.3) is 0 Å². The van der Waals surface area contributed by atoms with Crippen LogP contribution in [0.5, 0.6) is 0 Å². The molecule has 1 aromatic rings. The third-order valence-electron chi connectivity index (χ3n) is 5.17. The Balaban J connectivity index is 0.000000954. The Labute approximate surface area is 187 Å². The lowest BCUT2D eigenvalue weighted by Crippen LogP contribution is -2.26. The van der Waals surface area contributed by atoms with Crippen molar-refractivity contribution in [3.8, 4) is 0 Å². The molecule has 0 aliphatic carbocycles. The summed E-state index contributed by atoms with van der Waals surface area (Å²) in [5.41, 5.74) is 7.43. The highest BCUT2D eigenvalue weighted by Gasteiger charge is 2.07. The number of carboxylic acid groups (broad SMARTS) is 1. The molecule has 6 heteroatoms. The molecule has 0 aliphatic rings. The van der Waals surface area contributed by atoms with E-state index in [1.807, 2.05) is 26.0 Å². The average Bonchev–Trinajstić information content (AvgIpc) is 2.72. The van der Waals surface area contributed by atoms with Gasteiger partial charge in [0.05, 0.1) is 19.0 Å². The fraction of sp³-hybridized carbons (Fsp3) is 0.640. The molecule has 1 rings (SSSR count). The highest BCUT2D eigenvalue weighted by atomic mass is 16.5. The van der Waals surface area contributed by atoms with E-state index >= 15 is 0 Å². The van der Waals surface area contributed by atoms with Crippen LogP contribution in [0.15, 0.2) is 24.3 Å². The summed E-state index contributed by atoms with van der Waals surface area (Å²) in [6.45, 7) is 6.37. The van der Waals surface area contributed by atoms with Gasteiger partial charge in [0.15, 0.2) is 0 Å². The Hall–Kier alpha value is -2.37. The molecule has 31 heavy (non-hydrogen) atoms. The Kier molecular flexibility index (Phi) is 17.0. The van der Waals surface area contributed by atoms with Crippen LogP contribution >= 0.6 is 0 Å². The molecule has 0 unspecified atom stereocenters. The number of carboxylic acids is 1. The molecular formula is C25H40NO5-. The largest absolute Gasteiger partial charge is 0.550 e. The lowest BCUT2D eigenvalue weighted by molar-refractivity contribution is -0.305. The van der Waals surface area contributed by atoms with Gasteiger partial charge in [0.1, 0.15) is 0 Å². The molecule has 1 aromatic carbocycles. The fourth-order valence-corrected chi connectivity index (χ4v) is 3.12. The number of unbranched alkanes of at least 4 members (excludes halogenated alkanes) is 5. The molecule has 0 aliphatic heterocycles. The number of aryl methyl sites for hydroxylation is 1. The van der Waals surface area contributed by atoms with E-state index < -0.39 is 18.4 Å². The van der Waals surface area contributed by atoms with Crippen molar-refractivity contribution in [2.24, 2.45) is 11.7 Å². The van der Waals surface area contributed by atoms with Gasteiger partial charge in [-0.2, -0.15) is 0 Å². The summed E-state index contributed by atoms with van der Waals surface area (Å²) in [4.78, 5) is 31.7. The van der Waals surface area contributed by atoms with E-state index in [0.29, 0.717) is 6.42 Å². The minimum absolute atomic E-state index is 0.0926. The van der Waals surface area contributed by atoms with Gasteiger partial charge in [0, 0.05) is 12.3 Å². The van der Waals surface area contributed by atoms with Crippen LogP contribution in [0.1, 0.15) is 89.7 Å². The third kappa shape index (κ3) is 16.0. The van der Waals surface area contributed by atoms with Crippen molar-refractivity contribution in [3.05, 3.63) is 35.4 Å². The van der Waals surface area contributed by atoms with Crippen LogP contribution in [0.4, 0.5) is 0 Å². The molecule has 0 spiro atoms. The van der Waals surface area contributed by atoms with E-state index in [0.717, 1.165) is 24.8 Å². The molecule has 0 fully saturated rings. The number of nitrogens with two attached hydrogens (primary N) is 1. The zero-order valence-electron chi connectivity index (χ0n) is 19.5. The number of primary amides is 1. The zero-order valence-corrected chi connectivity index (χ0v) is 19.5. The van der Waals surface area contributed by atoms with Crippen LogP contribution in [-0.2, 0) is 32.0 Å². The first kappa shape index (κ1) is 28.6. The first-order valence-corrected chi connectivity index (χ1v) is 11.6. The van der Waals surface area contributed by atoms with Crippen LogP contribution in [0.2, 0.25) is 0 Å². The Morgan fingerprint density at radius 3 is 1.84 bits per heavy atom. The maximum absolute atomic E-state index is 11.1. The minimum atomic E-state index is -1.41. The normalized spacial score (nSPS) is 10.3. The number of carbonyl (C=O) groups excluding carboxylic acids is 3. The van der Waals surface area contributed by atoms with Crippen molar-refractivity contribution in [1.82, 2.24) is 0 Å². The van der Waals surface area contributed by atoms with Gasteiger partial charge in [-0.1, -0.05) is 77.1 Å². The zero-order chi connectivity index (χ0) is 23.5. The van der Waals surface area contributed by atoms with Crippen molar-refractivity contribution in [2.45, 2.75) is 91.4 Å². The van der Waals surface area contributed by atoms with Crippen LogP contribution < -0.4 is 10.8 Å². The van der Waals surface area contributed by atoms with Crippen molar-refractivity contribution in [3.63, 3.8) is 0 Å². The van der Waals surface area contributed by atoms with Gasteiger partial charge in [-0.25, -0.2) is 0 Å². The third-order valence-corrected chi connectivity index (χ3v) is 5.17. The van der Waals surface area contributed by atoms with Crippen LogP contribution in [-0.4, -0.2) is 24.5 Å². The minimum Gasteiger partial charge on any atom is -0.550 e. The standard InChI is InChI=1S/C19H28O4.C6H13NO/c1-2-3-4-5-6-7-8-16-9-11-17(12-10-16)13-14-23-19(22)15-18(20)21;1-3-5(4-2)6(7)8/h9-12H,2-8,13-15H2,1H3,(H,20,21);5H,3-4H2,1-2H3,(H2,7,8)/p-1. The number of hydrogen-bond acceptors (Lipinski definition) is 5. The van der Waals surface area contributed by atoms with Gasteiger partial charge >= 0.3 is 5.97 Å². The summed E-state index contributed by atoms with van der Waals surface area (Å²) in [5, 5.41) is 10.2. The predicted molar refractivity (Wildman–Crippen MR) is 121 cm³/mol. The van der Waals surface area contributed by atoms with Crippen molar-refractivity contribution >= 4 is 17.8 Å². The molecular weight excluding hydrogens is 394 g/mol. The monoisotopic (exact) mass is 434 g/mol. The quantitative estimate of drug-likeness (QED) is 0.257. The van der Waals surface area contributed by atoms with Crippen molar-refractivity contribution in [2.75, 3.05) is 6.61 Å². The molecule has 0 saturated heterocycles. The number of ether oxygens (including phenoxy) is 1. The second-order valence-corrected chi connectivity index (χ2v) is 7.77. The van der Waals surface area contributed by atoms with Gasteiger partial charge < -0.3 is 20.4 Å². The molecule has 0 saturated carbocycles. The van der Waals surface area contributed by atoms with E-state index in [9.17, 15) is 19.5 Å². The number of benzene rings is 1.